The van der Waals surface area contributed by atoms with Gasteiger partial charge in [-0.1, -0.05) is 29.8 Å². The minimum Gasteiger partial charge on any atom is -0.503 e. The standard InChI is InChI=1S/C30H24BrNO6/c1-14-10-22(33)20-13-19-17(24(26(20)27(14)34)15-11-21(31)28(35)23(12-15)38-2)8-9-18-25(19)30(37)32(29(18)36)16-6-4-3-5-7-16/h3-8,10-12,18-19,24-25,35H,9,13H2,1-2H3. The second kappa shape index (κ2) is 8.91. The molecular formula is C30H24BrNO6. The molecule has 1 N–H and O–H groups in total. The summed E-state index contributed by atoms with van der Waals surface area (Å²) in [5, 5.41) is 10.4. The van der Waals surface area contributed by atoms with Gasteiger partial charge in [-0.3, -0.25) is 24.1 Å². The SMILES string of the molecule is COc1cc(C2C3=CCC4C(=O)N(c5ccccc5)C(=O)C4C3CC3=C2C(=O)C(C)=CC3=O)cc(Br)c1O. The molecule has 4 unspecified atom stereocenters. The van der Waals surface area contributed by atoms with Crippen LogP contribution in [0.1, 0.15) is 31.2 Å². The predicted octanol–water partition coefficient (Wildman–Crippen LogP) is 4.80. The average molecular weight is 574 g/mol. The van der Waals surface area contributed by atoms with Crippen LogP contribution in [0, 0.1) is 17.8 Å². The Labute approximate surface area is 227 Å². The number of aromatic hydroxyl groups is 1. The fraction of sp³-hybridized carbons (Fsp3) is 0.267. The number of hydrogen-bond donors (Lipinski definition) is 1. The molecule has 2 amide bonds. The van der Waals surface area contributed by atoms with Crippen LogP contribution in [0.25, 0.3) is 0 Å². The molecule has 4 atom stereocenters. The van der Waals surface area contributed by atoms with Crippen molar-refractivity contribution in [3.05, 3.63) is 86.9 Å². The zero-order valence-corrected chi connectivity index (χ0v) is 22.3. The smallest absolute Gasteiger partial charge is 0.238 e. The number of hydrogen-bond acceptors (Lipinski definition) is 6. The van der Waals surface area contributed by atoms with Gasteiger partial charge in [-0.25, -0.2) is 0 Å². The quantitative estimate of drug-likeness (QED) is 0.321. The molecule has 6 rings (SSSR count). The third-order valence-corrected chi connectivity index (χ3v) is 8.79. The van der Waals surface area contributed by atoms with Gasteiger partial charge in [-0.05, 0) is 77.5 Å². The normalized spacial score (nSPS) is 26.6. The lowest BCUT2D eigenvalue weighted by molar-refractivity contribution is -0.123. The summed E-state index contributed by atoms with van der Waals surface area (Å²) in [6.45, 7) is 1.63. The van der Waals surface area contributed by atoms with Crippen molar-refractivity contribution in [3.8, 4) is 11.5 Å². The molecule has 192 valence electrons. The van der Waals surface area contributed by atoms with E-state index >= 15 is 0 Å². The Morgan fingerprint density at radius 3 is 2.47 bits per heavy atom. The van der Waals surface area contributed by atoms with Crippen LogP contribution in [0.3, 0.4) is 0 Å². The number of carbonyl (C=O) groups excluding carboxylic acids is 4. The fourth-order valence-electron chi connectivity index (χ4n) is 6.49. The first-order chi connectivity index (χ1) is 18.2. The molecule has 0 spiro atoms. The summed E-state index contributed by atoms with van der Waals surface area (Å²) >= 11 is 3.38. The lowest BCUT2D eigenvalue weighted by Gasteiger charge is -2.42. The van der Waals surface area contributed by atoms with Crippen LogP contribution >= 0.6 is 15.9 Å². The molecule has 2 aromatic carbocycles. The number of amides is 2. The van der Waals surface area contributed by atoms with E-state index in [4.69, 9.17) is 4.74 Å². The molecule has 1 saturated heterocycles. The van der Waals surface area contributed by atoms with Crippen molar-refractivity contribution < 1.29 is 29.0 Å². The van der Waals surface area contributed by atoms with Gasteiger partial charge in [-0.2, -0.15) is 0 Å². The second-order valence-electron chi connectivity index (χ2n) is 10.1. The predicted molar refractivity (Wildman–Crippen MR) is 143 cm³/mol. The number of para-hydroxylation sites is 1. The Morgan fingerprint density at radius 1 is 1.03 bits per heavy atom. The molecule has 1 fully saturated rings. The first-order valence-corrected chi connectivity index (χ1v) is 13.2. The first kappa shape index (κ1) is 24.6. The van der Waals surface area contributed by atoms with E-state index in [0.717, 1.165) is 5.57 Å². The van der Waals surface area contributed by atoms with Gasteiger partial charge in [-0.15, -0.1) is 0 Å². The zero-order chi connectivity index (χ0) is 26.9. The van der Waals surface area contributed by atoms with E-state index in [9.17, 15) is 24.3 Å². The highest BCUT2D eigenvalue weighted by Gasteiger charge is 2.56. The van der Waals surface area contributed by atoms with Gasteiger partial charge in [0.15, 0.2) is 23.1 Å². The molecule has 0 saturated carbocycles. The number of fused-ring (bicyclic) bond motifs is 3. The van der Waals surface area contributed by atoms with E-state index in [-0.39, 0.29) is 41.3 Å². The maximum atomic E-state index is 13.8. The molecule has 3 aliphatic carbocycles. The number of benzene rings is 2. The molecule has 4 aliphatic rings. The van der Waals surface area contributed by atoms with Crippen molar-refractivity contribution >= 4 is 45.0 Å². The van der Waals surface area contributed by atoms with E-state index in [1.54, 1.807) is 43.3 Å². The number of methoxy groups -OCH3 is 1. The number of ether oxygens (including phenoxy) is 1. The average Bonchev–Trinajstić information content (AvgIpc) is 3.17. The minimum absolute atomic E-state index is 0.0762. The van der Waals surface area contributed by atoms with Crippen LogP contribution in [0.2, 0.25) is 0 Å². The fourth-order valence-corrected chi connectivity index (χ4v) is 6.95. The number of imide groups is 1. The van der Waals surface area contributed by atoms with E-state index in [1.807, 2.05) is 12.1 Å². The van der Waals surface area contributed by atoms with E-state index < -0.39 is 23.7 Å². The number of anilines is 1. The van der Waals surface area contributed by atoms with Crippen LogP contribution in [-0.4, -0.2) is 35.6 Å². The molecule has 2 aromatic rings. The number of nitrogens with zero attached hydrogens (tertiary/aromatic N) is 1. The van der Waals surface area contributed by atoms with Crippen LogP contribution in [0.4, 0.5) is 5.69 Å². The second-order valence-corrected chi connectivity index (χ2v) is 11.0. The lowest BCUT2D eigenvalue weighted by atomic mass is 9.59. The summed E-state index contributed by atoms with van der Waals surface area (Å²) in [7, 11) is 1.44. The number of phenolic OH excluding ortho intramolecular Hbond substituents is 1. The Hall–Kier alpha value is -3.78. The zero-order valence-electron chi connectivity index (χ0n) is 20.7. The van der Waals surface area contributed by atoms with E-state index in [0.29, 0.717) is 38.9 Å². The van der Waals surface area contributed by atoms with Crippen molar-refractivity contribution in [2.75, 3.05) is 12.0 Å². The highest BCUT2D eigenvalue weighted by Crippen LogP contribution is 2.56. The van der Waals surface area contributed by atoms with Gasteiger partial charge in [0, 0.05) is 22.6 Å². The third kappa shape index (κ3) is 3.46. The maximum Gasteiger partial charge on any atom is 0.238 e. The summed E-state index contributed by atoms with van der Waals surface area (Å²) in [6, 6.07) is 12.2. The van der Waals surface area contributed by atoms with E-state index in [2.05, 4.69) is 15.9 Å². The number of Topliss-reactive ketones (excluding diaryl/α,β-unsaturated/α-hetero) is 1. The van der Waals surface area contributed by atoms with Gasteiger partial charge in [0.05, 0.1) is 29.1 Å². The van der Waals surface area contributed by atoms with Gasteiger partial charge >= 0.3 is 0 Å². The monoisotopic (exact) mass is 573 g/mol. The van der Waals surface area contributed by atoms with Crippen LogP contribution < -0.4 is 9.64 Å². The minimum atomic E-state index is -0.642. The van der Waals surface area contributed by atoms with E-state index in [1.165, 1.54) is 18.1 Å². The molecule has 0 radical (unpaired) electrons. The van der Waals surface area contributed by atoms with Crippen molar-refractivity contribution in [3.63, 3.8) is 0 Å². The molecule has 0 bridgehead atoms. The molecule has 1 heterocycles. The summed E-state index contributed by atoms with van der Waals surface area (Å²) < 4.78 is 5.76. The molecule has 38 heavy (non-hydrogen) atoms. The van der Waals surface area contributed by atoms with Crippen LogP contribution in [0.5, 0.6) is 11.5 Å². The molecule has 0 aromatic heterocycles. The number of allylic oxidation sites excluding steroid dienone is 6. The van der Waals surface area contributed by atoms with Crippen molar-refractivity contribution in [2.24, 2.45) is 17.8 Å². The van der Waals surface area contributed by atoms with Crippen molar-refractivity contribution in [1.82, 2.24) is 0 Å². The summed E-state index contributed by atoms with van der Waals surface area (Å²) in [6.07, 6.45) is 3.90. The molecule has 1 aliphatic heterocycles. The van der Waals surface area contributed by atoms with Crippen molar-refractivity contribution in [2.45, 2.75) is 25.7 Å². The molecule has 7 nitrogen and oxygen atoms in total. The summed E-state index contributed by atoms with van der Waals surface area (Å²) in [4.78, 5) is 55.4. The van der Waals surface area contributed by atoms with Crippen molar-refractivity contribution in [1.29, 1.82) is 0 Å². The molecular weight excluding hydrogens is 550 g/mol. The Balaban J connectivity index is 1.52. The lowest BCUT2D eigenvalue weighted by Crippen LogP contribution is -2.39. The van der Waals surface area contributed by atoms with Gasteiger partial charge in [0.25, 0.3) is 0 Å². The summed E-state index contributed by atoms with van der Waals surface area (Å²) in [5.74, 6) is -3.06. The number of rotatable bonds is 3. The Bertz CT molecular complexity index is 1540. The number of carbonyl (C=O) groups is 4. The largest absolute Gasteiger partial charge is 0.503 e. The highest BCUT2D eigenvalue weighted by molar-refractivity contribution is 9.10. The first-order valence-electron chi connectivity index (χ1n) is 12.4. The van der Waals surface area contributed by atoms with Gasteiger partial charge in [0.2, 0.25) is 11.8 Å². The topological polar surface area (TPSA) is 101 Å². The number of ketones is 2. The Morgan fingerprint density at radius 2 is 1.76 bits per heavy atom. The number of halogens is 1. The Kier molecular flexibility index (Phi) is 5.76. The van der Waals surface area contributed by atoms with Crippen LogP contribution in [-0.2, 0) is 19.2 Å². The van der Waals surface area contributed by atoms with Gasteiger partial charge < -0.3 is 9.84 Å². The third-order valence-electron chi connectivity index (χ3n) is 8.18. The number of phenols is 1. The van der Waals surface area contributed by atoms with Crippen LogP contribution in [0.15, 0.2) is 81.4 Å². The summed E-state index contributed by atoms with van der Waals surface area (Å²) in [5.41, 5.74) is 3.17. The molecule has 8 heteroatoms. The van der Waals surface area contributed by atoms with Gasteiger partial charge in [0.1, 0.15) is 0 Å². The maximum absolute atomic E-state index is 13.8. The highest BCUT2D eigenvalue weighted by atomic mass is 79.9.